The van der Waals surface area contributed by atoms with Gasteiger partial charge in [-0.3, -0.25) is 4.79 Å². The highest BCUT2D eigenvalue weighted by molar-refractivity contribution is 7.89. The fraction of sp³-hybridized carbons (Fsp3) is 0.615. The van der Waals surface area contributed by atoms with Crippen molar-refractivity contribution in [2.75, 3.05) is 14.1 Å². The summed E-state index contributed by atoms with van der Waals surface area (Å²) in [6.45, 7) is 8.43. The van der Waals surface area contributed by atoms with E-state index in [1.807, 2.05) is 0 Å². The van der Waals surface area contributed by atoms with Crippen LogP contribution in [0.25, 0.3) is 0 Å². The second-order valence-electron chi connectivity index (χ2n) is 5.79. The highest BCUT2D eigenvalue weighted by Crippen LogP contribution is 2.33. The lowest BCUT2D eigenvalue weighted by Gasteiger charge is -2.18. The lowest BCUT2D eigenvalue weighted by atomic mass is 9.86. The Morgan fingerprint density at radius 2 is 1.58 bits per heavy atom. The molecule has 1 aromatic heterocycles. The SMILES string of the molecule is Cc1oc(C)c(S(=O)(=O)N(C)C)c1C(=O)C(C)(C)C. The molecule has 0 spiro atoms. The van der Waals surface area contributed by atoms with Crippen LogP contribution in [0.3, 0.4) is 0 Å². The predicted molar refractivity (Wildman–Crippen MR) is 72.8 cm³/mol. The summed E-state index contributed by atoms with van der Waals surface area (Å²) >= 11 is 0. The van der Waals surface area contributed by atoms with E-state index in [0.29, 0.717) is 5.76 Å². The molecule has 19 heavy (non-hydrogen) atoms. The number of hydrogen-bond acceptors (Lipinski definition) is 4. The first-order chi connectivity index (χ1) is 8.40. The van der Waals surface area contributed by atoms with E-state index in [4.69, 9.17) is 4.42 Å². The molecular weight excluding hydrogens is 266 g/mol. The van der Waals surface area contributed by atoms with E-state index in [9.17, 15) is 13.2 Å². The Bertz CT molecular complexity index is 603. The van der Waals surface area contributed by atoms with Crippen LogP contribution in [0.1, 0.15) is 42.6 Å². The number of Topliss-reactive ketones (excluding diaryl/α,β-unsaturated/α-hetero) is 1. The number of carbonyl (C=O) groups excluding carboxylic acids is 1. The van der Waals surface area contributed by atoms with Crippen LogP contribution in [0.2, 0.25) is 0 Å². The Labute approximate surface area is 114 Å². The van der Waals surface area contributed by atoms with Gasteiger partial charge in [-0.25, -0.2) is 12.7 Å². The molecule has 0 saturated heterocycles. The topological polar surface area (TPSA) is 67.6 Å². The van der Waals surface area contributed by atoms with Gasteiger partial charge in [0.1, 0.15) is 16.4 Å². The minimum Gasteiger partial charge on any atom is -0.464 e. The first kappa shape index (κ1) is 15.9. The maximum absolute atomic E-state index is 12.4. The van der Waals surface area contributed by atoms with Gasteiger partial charge in [0.25, 0.3) is 0 Å². The number of nitrogens with zero attached hydrogens (tertiary/aromatic N) is 1. The van der Waals surface area contributed by atoms with Gasteiger partial charge in [0, 0.05) is 19.5 Å². The summed E-state index contributed by atoms with van der Waals surface area (Å²) in [6, 6.07) is 0. The lowest BCUT2D eigenvalue weighted by Crippen LogP contribution is -2.27. The Balaban J connectivity index is 3.65. The molecule has 0 saturated carbocycles. The second kappa shape index (κ2) is 4.76. The number of rotatable bonds is 3. The van der Waals surface area contributed by atoms with Gasteiger partial charge in [0.2, 0.25) is 10.0 Å². The fourth-order valence-corrected chi connectivity index (χ4v) is 3.06. The van der Waals surface area contributed by atoms with E-state index in [1.54, 1.807) is 34.6 Å². The van der Waals surface area contributed by atoms with E-state index >= 15 is 0 Å². The summed E-state index contributed by atoms with van der Waals surface area (Å²) in [7, 11) is -0.838. The van der Waals surface area contributed by atoms with Crippen LogP contribution in [-0.2, 0) is 10.0 Å². The molecule has 1 aromatic rings. The molecule has 1 heterocycles. The van der Waals surface area contributed by atoms with Gasteiger partial charge in [-0.05, 0) is 13.8 Å². The van der Waals surface area contributed by atoms with Gasteiger partial charge >= 0.3 is 0 Å². The quantitative estimate of drug-likeness (QED) is 0.800. The van der Waals surface area contributed by atoms with Crippen LogP contribution in [0, 0.1) is 19.3 Å². The van der Waals surface area contributed by atoms with Crippen LogP contribution in [0.15, 0.2) is 9.31 Å². The van der Waals surface area contributed by atoms with E-state index < -0.39 is 15.4 Å². The number of ketones is 1. The maximum atomic E-state index is 12.4. The Hall–Kier alpha value is -1.14. The fourth-order valence-electron chi connectivity index (χ4n) is 1.79. The van der Waals surface area contributed by atoms with Crippen molar-refractivity contribution in [3.8, 4) is 0 Å². The summed E-state index contributed by atoms with van der Waals surface area (Å²) in [4.78, 5) is 12.4. The Morgan fingerprint density at radius 3 is 1.95 bits per heavy atom. The maximum Gasteiger partial charge on any atom is 0.246 e. The molecule has 5 nitrogen and oxygen atoms in total. The van der Waals surface area contributed by atoms with Gasteiger partial charge in [0.05, 0.1) is 5.56 Å². The number of aryl methyl sites for hydroxylation is 2. The van der Waals surface area contributed by atoms with Gasteiger partial charge in [0.15, 0.2) is 5.78 Å². The van der Waals surface area contributed by atoms with Crippen molar-refractivity contribution in [2.24, 2.45) is 5.41 Å². The largest absolute Gasteiger partial charge is 0.464 e. The zero-order valence-electron chi connectivity index (χ0n) is 12.5. The average molecular weight is 287 g/mol. The average Bonchev–Trinajstić information content (AvgIpc) is 2.50. The van der Waals surface area contributed by atoms with Crippen molar-refractivity contribution in [2.45, 2.75) is 39.5 Å². The molecule has 0 aromatic carbocycles. The van der Waals surface area contributed by atoms with Crippen molar-refractivity contribution in [1.82, 2.24) is 4.31 Å². The summed E-state index contributed by atoms with van der Waals surface area (Å²) in [5, 5.41) is 0. The molecule has 0 N–H and O–H groups in total. The third-order valence-corrected chi connectivity index (χ3v) is 4.82. The highest BCUT2D eigenvalue weighted by atomic mass is 32.2. The first-order valence-corrected chi connectivity index (χ1v) is 7.42. The smallest absolute Gasteiger partial charge is 0.246 e. The van der Waals surface area contributed by atoms with Crippen molar-refractivity contribution in [3.05, 3.63) is 17.1 Å². The normalized spacial score (nSPS) is 13.1. The van der Waals surface area contributed by atoms with Gasteiger partial charge in [-0.1, -0.05) is 20.8 Å². The number of sulfonamides is 1. The van der Waals surface area contributed by atoms with E-state index in [0.717, 1.165) is 4.31 Å². The number of hydrogen-bond donors (Lipinski definition) is 0. The molecule has 0 aliphatic carbocycles. The second-order valence-corrected chi connectivity index (χ2v) is 7.87. The molecule has 0 unspecified atom stereocenters. The van der Waals surface area contributed by atoms with Gasteiger partial charge in [-0.2, -0.15) is 0 Å². The summed E-state index contributed by atoms with van der Waals surface area (Å²) in [5.74, 6) is 0.360. The molecular formula is C13H21NO4S. The van der Waals surface area contributed by atoms with Gasteiger partial charge < -0.3 is 4.42 Å². The van der Waals surface area contributed by atoms with Crippen LogP contribution in [0.4, 0.5) is 0 Å². The molecule has 0 aliphatic heterocycles. The lowest BCUT2D eigenvalue weighted by molar-refractivity contribution is 0.0853. The number of carbonyl (C=O) groups is 1. The molecule has 6 heteroatoms. The first-order valence-electron chi connectivity index (χ1n) is 5.98. The van der Waals surface area contributed by atoms with Crippen LogP contribution >= 0.6 is 0 Å². The van der Waals surface area contributed by atoms with Crippen molar-refractivity contribution >= 4 is 15.8 Å². The molecule has 0 atom stereocenters. The third kappa shape index (κ3) is 2.74. The highest BCUT2D eigenvalue weighted by Gasteiger charge is 2.36. The Morgan fingerprint density at radius 1 is 1.11 bits per heavy atom. The summed E-state index contributed by atoms with van der Waals surface area (Å²) in [5.41, 5.74) is -0.504. The zero-order valence-corrected chi connectivity index (χ0v) is 13.3. The number of furan rings is 1. The van der Waals surface area contributed by atoms with Crippen molar-refractivity contribution < 1.29 is 17.6 Å². The molecule has 0 aliphatic rings. The third-order valence-electron chi connectivity index (χ3n) is 2.85. The molecule has 0 radical (unpaired) electrons. The minimum atomic E-state index is -3.70. The molecule has 0 bridgehead atoms. The minimum absolute atomic E-state index is 0.0186. The van der Waals surface area contributed by atoms with Crippen LogP contribution in [-0.4, -0.2) is 32.6 Å². The van der Waals surface area contributed by atoms with Crippen molar-refractivity contribution in [3.63, 3.8) is 0 Å². The van der Waals surface area contributed by atoms with Crippen LogP contribution in [0.5, 0.6) is 0 Å². The van der Waals surface area contributed by atoms with Gasteiger partial charge in [-0.15, -0.1) is 0 Å². The van der Waals surface area contributed by atoms with Crippen molar-refractivity contribution in [1.29, 1.82) is 0 Å². The summed E-state index contributed by atoms with van der Waals surface area (Å²) < 4.78 is 31.1. The molecule has 1 rings (SSSR count). The van der Waals surface area contributed by atoms with Crippen LogP contribution < -0.4 is 0 Å². The zero-order chi connectivity index (χ0) is 15.2. The van der Waals surface area contributed by atoms with E-state index in [2.05, 4.69) is 0 Å². The predicted octanol–water partition coefficient (Wildman–Crippen LogP) is 2.38. The van der Waals surface area contributed by atoms with E-state index in [1.165, 1.54) is 14.1 Å². The monoisotopic (exact) mass is 287 g/mol. The molecule has 108 valence electrons. The standard InChI is InChI=1S/C13H21NO4S/c1-8-10(12(15)13(3,4)5)11(9(2)18-8)19(16,17)14(6)7/h1-7H3. The van der Waals surface area contributed by atoms with E-state index in [-0.39, 0.29) is 22.0 Å². The molecule has 0 fully saturated rings. The molecule has 0 amide bonds. The Kier molecular flexibility index (Phi) is 3.98. The summed E-state index contributed by atoms with van der Waals surface area (Å²) in [6.07, 6.45) is 0.